The van der Waals surface area contributed by atoms with E-state index in [-0.39, 0.29) is 0 Å². The molecule has 1 aromatic carbocycles. The topological polar surface area (TPSA) is 30.2 Å². The molecular formula is C18H11N3. The maximum absolute atomic E-state index is 4.56. The van der Waals surface area contributed by atoms with E-state index >= 15 is 0 Å². The fourth-order valence-electron chi connectivity index (χ4n) is 3.15. The SMILES string of the molecule is c1cnc2c(c1)c1cc3cnccc3cc1c1cccn12. The van der Waals surface area contributed by atoms with Crippen LogP contribution in [0.5, 0.6) is 0 Å². The Labute approximate surface area is 120 Å². The number of benzene rings is 1. The molecule has 5 rings (SSSR count). The summed E-state index contributed by atoms with van der Waals surface area (Å²) >= 11 is 0. The zero-order chi connectivity index (χ0) is 13.8. The first-order chi connectivity index (χ1) is 10.4. The molecule has 0 atom stereocenters. The second-order valence-corrected chi connectivity index (χ2v) is 5.26. The summed E-state index contributed by atoms with van der Waals surface area (Å²) in [6.07, 6.45) is 7.67. The smallest absolute Gasteiger partial charge is 0.144 e. The van der Waals surface area contributed by atoms with E-state index in [0.29, 0.717) is 0 Å². The molecule has 21 heavy (non-hydrogen) atoms. The third-order valence-corrected chi connectivity index (χ3v) is 4.11. The Morgan fingerprint density at radius 2 is 1.76 bits per heavy atom. The van der Waals surface area contributed by atoms with E-state index in [1.807, 2.05) is 24.7 Å². The van der Waals surface area contributed by atoms with Gasteiger partial charge >= 0.3 is 0 Å². The molecule has 0 saturated carbocycles. The molecule has 0 spiro atoms. The van der Waals surface area contributed by atoms with Gasteiger partial charge in [-0.15, -0.1) is 0 Å². The highest BCUT2D eigenvalue weighted by atomic mass is 15.0. The highest BCUT2D eigenvalue weighted by molar-refractivity contribution is 6.15. The van der Waals surface area contributed by atoms with Crippen LogP contribution in [0.4, 0.5) is 0 Å². The zero-order valence-corrected chi connectivity index (χ0v) is 11.2. The number of nitrogens with zero attached hydrogens (tertiary/aromatic N) is 3. The minimum atomic E-state index is 0.994. The molecule has 3 nitrogen and oxygen atoms in total. The fraction of sp³-hybridized carbons (Fsp3) is 0. The van der Waals surface area contributed by atoms with Crippen LogP contribution in [0.15, 0.2) is 67.3 Å². The van der Waals surface area contributed by atoms with Crippen LogP contribution in [-0.4, -0.2) is 14.4 Å². The maximum Gasteiger partial charge on any atom is 0.144 e. The van der Waals surface area contributed by atoms with Gasteiger partial charge in [-0.05, 0) is 53.2 Å². The van der Waals surface area contributed by atoms with Gasteiger partial charge in [0.25, 0.3) is 0 Å². The second-order valence-electron chi connectivity index (χ2n) is 5.26. The summed E-state index contributed by atoms with van der Waals surface area (Å²) < 4.78 is 2.16. The number of rotatable bonds is 0. The van der Waals surface area contributed by atoms with Crippen molar-refractivity contribution in [1.29, 1.82) is 0 Å². The summed E-state index contributed by atoms with van der Waals surface area (Å²) in [6.45, 7) is 0. The van der Waals surface area contributed by atoms with Crippen LogP contribution in [0, 0.1) is 0 Å². The van der Waals surface area contributed by atoms with Gasteiger partial charge < -0.3 is 4.40 Å². The first-order valence-corrected chi connectivity index (χ1v) is 6.93. The van der Waals surface area contributed by atoms with Gasteiger partial charge in [-0.1, -0.05) is 0 Å². The average Bonchev–Trinajstić information content (AvgIpc) is 3.03. The monoisotopic (exact) mass is 269 g/mol. The standard InChI is InChI=1S/C18H11N3/c1-3-14-15-10-13-11-19-7-5-12(13)9-16(15)17-4-2-8-21(17)18(14)20-6-1/h1-11H. The van der Waals surface area contributed by atoms with E-state index in [1.165, 1.54) is 27.1 Å². The molecule has 4 heterocycles. The highest BCUT2D eigenvalue weighted by Gasteiger charge is 2.09. The van der Waals surface area contributed by atoms with Crippen molar-refractivity contribution in [3.63, 3.8) is 0 Å². The van der Waals surface area contributed by atoms with Crippen molar-refractivity contribution in [1.82, 2.24) is 14.4 Å². The van der Waals surface area contributed by atoms with E-state index in [2.05, 4.69) is 57.0 Å². The molecule has 0 aliphatic carbocycles. The van der Waals surface area contributed by atoms with Crippen molar-refractivity contribution < 1.29 is 0 Å². The van der Waals surface area contributed by atoms with Gasteiger partial charge in [0.1, 0.15) is 5.65 Å². The quantitative estimate of drug-likeness (QED) is 0.312. The van der Waals surface area contributed by atoms with Gasteiger partial charge in [-0.3, -0.25) is 4.98 Å². The van der Waals surface area contributed by atoms with E-state index in [0.717, 1.165) is 11.0 Å². The Bertz CT molecular complexity index is 1140. The number of hydrogen-bond donors (Lipinski definition) is 0. The van der Waals surface area contributed by atoms with Gasteiger partial charge in [-0.2, -0.15) is 0 Å². The molecule has 0 unspecified atom stereocenters. The van der Waals surface area contributed by atoms with Crippen LogP contribution >= 0.6 is 0 Å². The van der Waals surface area contributed by atoms with Gasteiger partial charge in [0.05, 0.1) is 5.52 Å². The lowest BCUT2D eigenvalue weighted by Crippen LogP contribution is -1.92. The summed E-state index contributed by atoms with van der Waals surface area (Å²) in [7, 11) is 0. The Morgan fingerprint density at radius 3 is 2.76 bits per heavy atom. The first kappa shape index (κ1) is 10.8. The summed E-state index contributed by atoms with van der Waals surface area (Å²) in [4.78, 5) is 8.79. The number of aromatic nitrogens is 3. The summed E-state index contributed by atoms with van der Waals surface area (Å²) in [5.41, 5.74) is 2.18. The van der Waals surface area contributed by atoms with Crippen LogP contribution in [-0.2, 0) is 0 Å². The third-order valence-electron chi connectivity index (χ3n) is 4.11. The third kappa shape index (κ3) is 1.37. The predicted octanol–water partition coefficient (Wildman–Crippen LogP) is 4.19. The largest absolute Gasteiger partial charge is 0.301 e. The van der Waals surface area contributed by atoms with Gasteiger partial charge in [0, 0.05) is 40.9 Å². The number of fused-ring (bicyclic) bond motifs is 7. The second kappa shape index (κ2) is 3.79. The lowest BCUT2D eigenvalue weighted by molar-refractivity contribution is 1.21. The molecule has 0 amide bonds. The van der Waals surface area contributed by atoms with Crippen molar-refractivity contribution in [3.05, 3.63) is 67.3 Å². The molecule has 3 heteroatoms. The van der Waals surface area contributed by atoms with Crippen molar-refractivity contribution in [2.24, 2.45) is 0 Å². The Kier molecular flexibility index (Phi) is 1.95. The lowest BCUT2D eigenvalue weighted by atomic mass is 10.0. The summed E-state index contributed by atoms with van der Waals surface area (Å²) in [5, 5.41) is 6.01. The molecule has 0 bridgehead atoms. The van der Waals surface area contributed by atoms with E-state index in [9.17, 15) is 0 Å². The zero-order valence-electron chi connectivity index (χ0n) is 11.2. The van der Waals surface area contributed by atoms with Gasteiger partial charge in [-0.25, -0.2) is 4.98 Å². The Balaban J connectivity index is 2.18. The van der Waals surface area contributed by atoms with Crippen LogP contribution < -0.4 is 0 Å². The molecule has 0 saturated heterocycles. The minimum absolute atomic E-state index is 0.994. The van der Waals surface area contributed by atoms with Crippen LogP contribution in [0.3, 0.4) is 0 Å². The van der Waals surface area contributed by atoms with Crippen LogP contribution in [0.25, 0.3) is 38.1 Å². The first-order valence-electron chi connectivity index (χ1n) is 6.93. The highest BCUT2D eigenvalue weighted by Crippen LogP contribution is 2.31. The van der Waals surface area contributed by atoms with Crippen LogP contribution in [0.1, 0.15) is 0 Å². The van der Waals surface area contributed by atoms with Crippen molar-refractivity contribution in [2.45, 2.75) is 0 Å². The summed E-state index contributed by atoms with van der Waals surface area (Å²) in [5.74, 6) is 0. The van der Waals surface area contributed by atoms with E-state index < -0.39 is 0 Å². The van der Waals surface area contributed by atoms with E-state index in [1.54, 1.807) is 0 Å². The van der Waals surface area contributed by atoms with Crippen molar-refractivity contribution >= 4 is 38.1 Å². The molecular weight excluding hydrogens is 258 g/mol. The lowest BCUT2D eigenvalue weighted by Gasteiger charge is -2.09. The Hall–Kier alpha value is -2.94. The van der Waals surface area contributed by atoms with E-state index in [4.69, 9.17) is 0 Å². The van der Waals surface area contributed by atoms with Crippen LogP contribution in [0.2, 0.25) is 0 Å². The minimum Gasteiger partial charge on any atom is -0.301 e. The molecule has 0 aliphatic rings. The maximum atomic E-state index is 4.56. The number of pyridine rings is 3. The van der Waals surface area contributed by atoms with Gasteiger partial charge in [0.15, 0.2) is 0 Å². The summed E-state index contributed by atoms with van der Waals surface area (Å²) in [6, 6.07) is 14.9. The molecule has 0 N–H and O–H groups in total. The molecule has 0 fully saturated rings. The predicted molar refractivity (Wildman–Crippen MR) is 85.5 cm³/mol. The van der Waals surface area contributed by atoms with Crippen molar-refractivity contribution in [2.75, 3.05) is 0 Å². The number of hydrogen-bond acceptors (Lipinski definition) is 2. The molecule has 0 aliphatic heterocycles. The average molecular weight is 269 g/mol. The molecule has 5 aromatic rings. The molecule has 4 aromatic heterocycles. The molecule has 98 valence electrons. The Morgan fingerprint density at radius 1 is 0.810 bits per heavy atom. The molecule has 0 radical (unpaired) electrons. The normalized spacial score (nSPS) is 11.8. The van der Waals surface area contributed by atoms with Gasteiger partial charge in [0.2, 0.25) is 0 Å². The fourth-order valence-corrected chi connectivity index (χ4v) is 3.15. The van der Waals surface area contributed by atoms with Crippen molar-refractivity contribution in [3.8, 4) is 0 Å².